The summed E-state index contributed by atoms with van der Waals surface area (Å²) in [6.45, 7) is 4.14. The molecule has 4 heterocycles. The van der Waals surface area contributed by atoms with Crippen LogP contribution in [0.4, 0.5) is 5.82 Å². The van der Waals surface area contributed by atoms with Gasteiger partial charge < -0.3 is 14.5 Å². The van der Waals surface area contributed by atoms with Crippen LogP contribution in [-0.2, 0) is 0 Å². The molecule has 1 fully saturated rings. The van der Waals surface area contributed by atoms with Crippen LogP contribution in [-0.4, -0.2) is 37.6 Å². The van der Waals surface area contributed by atoms with E-state index in [4.69, 9.17) is 0 Å². The van der Waals surface area contributed by atoms with Gasteiger partial charge in [-0.15, -0.1) is 0 Å². The van der Waals surface area contributed by atoms with Crippen molar-refractivity contribution in [3.8, 4) is 0 Å². The maximum Gasteiger partial charge on any atom is 0.182 e. The molecule has 0 spiro atoms. The Morgan fingerprint density at radius 3 is 2.77 bits per heavy atom. The lowest BCUT2D eigenvalue weighted by Crippen LogP contribution is -2.35. The molecule has 1 aliphatic rings. The van der Waals surface area contributed by atoms with E-state index in [1.807, 2.05) is 0 Å². The molecule has 0 aliphatic carbocycles. The zero-order valence-corrected chi connectivity index (χ0v) is 13.9. The minimum Gasteiger partial charge on any atom is -0.355 e. The van der Waals surface area contributed by atoms with Gasteiger partial charge in [-0.3, -0.25) is 0 Å². The largest absolute Gasteiger partial charge is 0.355 e. The topological polar surface area (TPSA) is 62.6 Å². The van der Waals surface area contributed by atoms with Crippen molar-refractivity contribution >= 4 is 32.9 Å². The van der Waals surface area contributed by atoms with E-state index in [-0.39, 0.29) is 0 Å². The quantitative estimate of drug-likeness (QED) is 0.762. The Hall–Kier alpha value is -1.89. The van der Waals surface area contributed by atoms with Crippen LogP contribution in [0.1, 0.15) is 24.6 Å². The third-order valence-corrected chi connectivity index (χ3v) is 5.31. The minimum absolute atomic E-state index is 0.557. The summed E-state index contributed by atoms with van der Waals surface area (Å²) >= 11 is 3.59. The van der Waals surface area contributed by atoms with E-state index in [0.717, 1.165) is 42.9 Å². The third kappa shape index (κ3) is 2.20. The fourth-order valence-corrected chi connectivity index (χ4v) is 3.57. The zero-order valence-electron chi connectivity index (χ0n) is 12.3. The predicted molar refractivity (Wildman–Crippen MR) is 89.0 cm³/mol. The Labute approximate surface area is 136 Å². The summed E-state index contributed by atoms with van der Waals surface area (Å²) in [5.41, 5.74) is 2.97. The van der Waals surface area contributed by atoms with Crippen LogP contribution >= 0.6 is 15.9 Å². The van der Waals surface area contributed by atoms with Crippen LogP contribution in [0.25, 0.3) is 11.2 Å². The molecule has 3 aromatic rings. The van der Waals surface area contributed by atoms with Crippen molar-refractivity contribution in [3.63, 3.8) is 0 Å². The van der Waals surface area contributed by atoms with E-state index in [2.05, 4.69) is 64.5 Å². The number of aromatic nitrogens is 5. The van der Waals surface area contributed by atoms with Crippen molar-refractivity contribution in [2.75, 3.05) is 18.0 Å². The van der Waals surface area contributed by atoms with Crippen molar-refractivity contribution in [3.05, 3.63) is 35.1 Å². The fraction of sp³-hybridized carbons (Fsp3) is 0.400. The molecule has 0 saturated carbocycles. The molecule has 114 valence electrons. The van der Waals surface area contributed by atoms with Gasteiger partial charge in [-0.2, -0.15) is 0 Å². The van der Waals surface area contributed by atoms with Gasteiger partial charge in [0.2, 0.25) is 0 Å². The lowest BCUT2D eigenvalue weighted by atomic mass is 10.0. The summed E-state index contributed by atoms with van der Waals surface area (Å²) in [5, 5.41) is 0. The van der Waals surface area contributed by atoms with Crippen molar-refractivity contribution in [2.24, 2.45) is 0 Å². The van der Waals surface area contributed by atoms with Crippen LogP contribution in [0, 0.1) is 6.92 Å². The fourth-order valence-electron chi connectivity index (χ4n) is 3.24. The number of anilines is 1. The van der Waals surface area contributed by atoms with Crippen molar-refractivity contribution in [1.29, 1.82) is 0 Å². The van der Waals surface area contributed by atoms with Crippen LogP contribution in [0.2, 0.25) is 0 Å². The molecule has 1 aliphatic heterocycles. The molecule has 0 aromatic carbocycles. The van der Waals surface area contributed by atoms with E-state index < -0.39 is 0 Å². The van der Waals surface area contributed by atoms with Gasteiger partial charge in [-0.25, -0.2) is 15.0 Å². The number of H-pyrrole nitrogens is 1. The number of aromatic amines is 1. The van der Waals surface area contributed by atoms with E-state index >= 15 is 0 Å². The molecular weight excluding hydrogens is 344 g/mol. The van der Waals surface area contributed by atoms with E-state index in [0.29, 0.717) is 6.04 Å². The highest BCUT2D eigenvalue weighted by Crippen LogP contribution is 2.30. The molecule has 1 N–H and O–H groups in total. The average molecular weight is 361 g/mol. The number of imidazole rings is 1. The maximum absolute atomic E-state index is 4.45. The first-order valence-electron chi connectivity index (χ1n) is 7.46. The maximum atomic E-state index is 4.45. The van der Waals surface area contributed by atoms with Gasteiger partial charge >= 0.3 is 0 Å². The summed E-state index contributed by atoms with van der Waals surface area (Å²) in [7, 11) is 0. The Morgan fingerprint density at radius 2 is 2.05 bits per heavy atom. The normalized spacial score (nSPS) is 16.5. The highest BCUT2D eigenvalue weighted by atomic mass is 79.9. The molecule has 3 aromatic heterocycles. The molecule has 6 nitrogen and oxygen atoms in total. The lowest BCUT2D eigenvalue weighted by molar-refractivity contribution is 0.391. The second kappa shape index (κ2) is 5.39. The van der Waals surface area contributed by atoms with E-state index in [9.17, 15) is 0 Å². The molecule has 7 heteroatoms. The number of nitrogens with one attached hydrogen (secondary N) is 1. The summed E-state index contributed by atoms with van der Waals surface area (Å²) in [4.78, 5) is 18.3. The minimum atomic E-state index is 0.557. The lowest BCUT2D eigenvalue weighted by Gasteiger charge is -2.34. The molecule has 22 heavy (non-hydrogen) atoms. The first kappa shape index (κ1) is 13.8. The van der Waals surface area contributed by atoms with Crippen LogP contribution in [0.5, 0.6) is 0 Å². The van der Waals surface area contributed by atoms with E-state index in [1.54, 1.807) is 12.7 Å². The summed E-state index contributed by atoms with van der Waals surface area (Å²) in [6.07, 6.45) is 7.68. The molecule has 0 amide bonds. The van der Waals surface area contributed by atoms with Crippen LogP contribution in [0.3, 0.4) is 0 Å². The van der Waals surface area contributed by atoms with Gasteiger partial charge in [0.15, 0.2) is 11.5 Å². The van der Waals surface area contributed by atoms with Gasteiger partial charge in [0.1, 0.15) is 11.8 Å². The SMILES string of the molecule is Cc1c(Br)ccn1C1CCN(c2ncnc3nc[nH]c23)CC1. The number of hydrogen-bond acceptors (Lipinski definition) is 4. The van der Waals surface area contributed by atoms with Gasteiger partial charge in [0.05, 0.1) is 6.33 Å². The number of piperidine rings is 1. The Balaban J connectivity index is 1.54. The highest BCUT2D eigenvalue weighted by Gasteiger charge is 2.24. The monoisotopic (exact) mass is 360 g/mol. The second-order valence-corrected chi connectivity index (χ2v) is 6.53. The van der Waals surface area contributed by atoms with Gasteiger partial charge in [0.25, 0.3) is 0 Å². The van der Waals surface area contributed by atoms with Gasteiger partial charge in [0, 0.05) is 35.5 Å². The summed E-state index contributed by atoms with van der Waals surface area (Å²) < 4.78 is 3.57. The smallest absolute Gasteiger partial charge is 0.182 e. The van der Waals surface area contributed by atoms with Crippen molar-refractivity contribution in [2.45, 2.75) is 25.8 Å². The highest BCUT2D eigenvalue weighted by molar-refractivity contribution is 9.10. The summed E-state index contributed by atoms with van der Waals surface area (Å²) in [5.74, 6) is 0.964. The molecule has 4 rings (SSSR count). The predicted octanol–water partition coefficient (Wildman–Crippen LogP) is 3.07. The molecule has 0 atom stereocenters. The molecule has 0 unspecified atom stereocenters. The summed E-state index contributed by atoms with van der Waals surface area (Å²) in [6, 6.07) is 2.68. The zero-order chi connectivity index (χ0) is 15.1. The van der Waals surface area contributed by atoms with Crippen molar-refractivity contribution < 1.29 is 0 Å². The number of hydrogen-bond donors (Lipinski definition) is 1. The Bertz CT molecular complexity index is 799. The first-order valence-corrected chi connectivity index (χ1v) is 8.25. The standard InChI is InChI=1S/C15H17BrN6/c1-10-12(16)4-7-22(10)11-2-5-21(6-3-11)15-13-14(18-8-17-13)19-9-20-15/h4,7-9,11H,2-3,5-6H2,1H3,(H,17,18,19,20). The molecular formula is C15H17BrN6. The van der Waals surface area contributed by atoms with Gasteiger partial charge in [-0.1, -0.05) is 0 Å². The second-order valence-electron chi connectivity index (χ2n) is 5.67. The Kier molecular flexibility index (Phi) is 3.37. The average Bonchev–Trinajstić information content (AvgIpc) is 3.15. The van der Waals surface area contributed by atoms with E-state index in [1.165, 1.54) is 10.2 Å². The van der Waals surface area contributed by atoms with Gasteiger partial charge in [-0.05, 0) is 41.8 Å². The molecule has 1 saturated heterocycles. The van der Waals surface area contributed by atoms with Crippen molar-refractivity contribution in [1.82, 2.24) is 24.5 Å². The number of halogens is 1. The first-order chi connectivity index (χ1) is 10.7. The number of rotatable bonds is 2. The molecule has 0 radical (unpaired) electrons. The number of nitrogens with zero attached hydrogens (tertiary/aromatic N) is 5. The third-order valence-electron chi connectivity index (χ3n) is 4.47. The van der Waals surface area contributed by atoms with Crippen LogP contribution in [0.15, 0.2) is 29.4 Å². The van der Waals surface area contributed by atoms with Crippen LogP contribution < -0.4 is 4.90 Å². The molecule has 0 bridgehead atoms. The Morgan fingerprint density at radius 1 is 1.23 bits per heavy atom. The number of fused-ring (bicyclic) bond motifs is 1.